The molecule has 0 saturated carbocycles. The number of halogens is 4. The molecule has 0 aliphatic heterocycles. The van der Waals surface area contributed by atoms with E-state index >= 15 is 0 Å². The SMILES string of the molecule is COc1cc(F)c(C(F)F)c(Cl)n1. The molecule has 0 unspecified atom stereocenters. The molecule has 0 atom stereocenters. The van der Waals surface area contributed by atoms with Crippen molar-refractivity contribution >= 4 is 11.6 Å². The minimum absolute atomic E-state index is 0.132. The fraction of sp³-hybridized carbons (Fsp3) is 0.286. The Kier molecular flexibility index (Phi) is 2.98. The summed E-state index contributed by atoms with van der Waals surface area (Å²) < 4.78 is 41.6. The van der Waals surface area contributed by atoms with Crippen LogP contribution in [0.3, 0.4) is 0 Å². The predicted molar refractivity (Wildman–Crippen MR) is 40.7 cm³/mol. The van der Waals surface area contributed by atoms with Crippen LogP contribution in [0, 0.1) is 5.82 Å². The number of methoxy groups -OCH3 is 1. The number of aromatic nitrogens is 1. The number of nitrogens with zero attached hydrogens (tertiary/aromatic N) is 1. The lowest BCUT2D eigenvalue weighted by Gasteiger charge is -2.05. The van der Waals surface area contributed by atoms with E-state index in [0.717, 1.165) is 6.07 Å². The standard InChI is InChI=1S/C7H5ClF3NO/c1-13-4-2-3(9)5(7(10)11)6(8)12-4/h2,7H,1H3. The third-order valence-corrected chi connectivity index (χ3v) is 1.65. The number of hydrogen-bond donors (Lipinski definition) is 0. The topological polar surface area (TPSA) is 22.1 Å². The normalized spacial score (nSPS) is 10.6. The molecule has 0 saturated heterocycles. The number of ether oxygens (including phenoxy) is 1. The molecular formula is C7H5ClF3NO. The van der Waals surface area contributed by atoms with Crippen molar-refractivity contribution in [3.8, 4) is 5.88 Å². The van der Waals surface area contributed by atoms with Crippen molar-refractivity contribution in [2.24, 2.45) is 0 Å². The van der Waals surface area contributed by atoms with Gasteiger partial charge in [0.15, 0.2) is 0 Å². The highest BCUT2D eigenvalue weighted by Gasteiger charge is 2.20. The van der Waals surface area contributed by atoms with Gasteiger partial charge in [-0.3, -0.25) is 0 Å². The second kappa shape index (κ2) is 3.83. The van der Waals surface area contributed by atoms with Crippen LogP contribution >= 0.6 is 11.6 Å². The Bertz CT molecular complexity index is 296. The van der Waals surface area contributed by atoms with Crippen molar-refractivity contribution in [2.75, 3.05) is 7.11 Å². The van der Waals surface area contributed by atoms with Gasteiger partial charge in [0.2, 0.25) is 5.88 Å². The van der Waals surface area contributed by atoms with Gasteiger partial charge >= 0.3 is 0 Å². The predicted octanol–water partition coefficient (Wildman–Crippen LogP) is 2.82. The van der Waals surface area contributed by atoms with Crippen molar-refractivity contribution < 1.29 is 17.9 Å². The van der Waals surface area contributed by atoms with Crippen LogP contribution in [0.15, 0.2) is 6.07 Å². The monoisotopic (exact) mass is 211 g/mol. The highest BCUT2D eigenvalue weighted by atomic mass is 35.5. The second-order valence-corrected chi connectivity index (χ2v) is 2.51. The van der Waals surface area contributed by atoms with Crippen LogP contribution in [-0.4, -0.2) is 12.1 Å². The molecule has 0 fully saturated rings. The first-order chi connectivity index (χ1) is 6.06. The van der Waals surface area contributed by atoms with Crippen molar-refractivity contribution in [1.82, 2.24) is 4.98 Å². The summed E-state index contributed by atoms with van der Waals surface area (Å²) in [5, 5.41) is -0.577. The highest BCUT2D eigenvalue weighted by molar-refractivity contribution is 6.30. The van der Waals surface area contributed by atoms with Crippen LogP contribution in [0.1, 0.15) is 12.0 Å². The molecule has 1 rings (SSSR count). The zero-order valence-electron chi connectivity index (χ0n) is 6.52. The maximum absolute atomic E-state index is 12.9. The Morgan fingerprint density at radius 2 is 2.15 bits per heavy atom. The zero-order valence-corrected chi connectivity index (χ0v) is 7.28. The molecule has 1 aromatic rings. The average molecular weight is 212 g/mol. The molecule has 1 heterocycles. The smallest absolute Gasteiger partial charge is 0.269 e. The molecule has 13 heavy (non-hydrogen) atoms. The fourth-order valence-corrected chi connectivity index (χ4v) is 1.03. The summed E-state index contributed by atoms with van der Waals surface area (Å²) in [5.74, 6) is -1.25. The van der Waals surface area contributed by atoms with Gasteiger partial charge in [-0.05, 0) is 0 Å². The Morgan fingerprint density at radius 1 is 1.54 bits per heavy atom. The van der Waals surface area contributed by atoms with Gasteiger partial charge in [0.05, 0.1) is 12.7 Å². The van der Waals surface area contributed by atoms with E-state index in [0.29, 0.717) is 0 Å². The van der Waals surface area contributed by atoms with E-state index in [1.807, 2.05) is 0 Å². The minimum Gasteiger partial charge on any atom is -0.481 e. The molecule has 1 aromatic heterocycles. The molecule has 0 aliphatic rings. The molecule has 0 aromatic carbocycles. The summed E-state index contributed by atoms with van der Waals surface area (Å²) in [6.07, 6.45) is -2.98. The summed E-state index contributed by atoms with van der Waals surface area (Å²) in [6, 6.07) is 0.757. The Balaban J connectivity index is 3.23. The molecule has 0 amide bonds. The summed E-state index contributed by atoms with van der Waals surface area (Å²) in [5.41, 5.74) is -0.900. The summed E-state index contributed by atoms with van der Waals surface area (Å²) >= 11 is 5.30. The molecule has 72 valence electrons. The van der Waals surface area contributed by atoms with Crippen molar-refractivity contribution in [3.05, 3.63) is 22.6 Å². The first kappa shape index (κ1) is 10.1. The molecule has 0 radical (unpaired) electrons. The number of hydrogen-bond acceptors (Lipinski definition) is 2. The summed E-state index contributed by atoms with van der Waals surface area (Å²) in [7, 11) is 1.24. The third kappa shape index (κ3) is 2.03. The summed E-state index contributed by atoms with van der Waals surface area (Å²) in [6.45, 7) is 0. The minimum atomic E-state index is -2.98. The summed E-state index contributed by atoms with van der Waals surface area (Å²) in [4.78, 5) is 3.40. The lowest BCUT2D eigenvalue weighted by atomic mass is 10.3. The number of alkyl halides is 2. The van der Waals surface area contributed by atoms with E-state index in [1.54, 1.807) is 0 Å². The largest absolute Gasteiger partial charge is 0.481 e. The Hall–Kier alpha value is -0.970. The Labute approximate surface area is 77.3 Å². The van der Waals surface area contributed by atoms with Crippen LogP contribution < -0.4 is 4.74 Å². The molecule has 0 aliphatic carbocycles. The van der Waals surface area contributed by atoms with Crippen molar-refractivity contribution in [3.63, 3.8) is 0 Å². The van der Waals surface area contributed by atoms with Gasteiger partial charge in [-0.1, -0.05) is 11.6 Å². The van der Waals surface area contributed by atoms with Crippen LogP contribution in [0.25, 0.3) is 0 Å². The van der Waals surface area contributed by atoms with E-state index < -0.39 is 23.0 Å². The maximum Gasteiger partial charge on any atom is 0.269 e. The van der Waals surface area contributed by atoms with Crippen molar-refractivity contribution in [1.29, 1.82) is 0 Å². The number of pyridine rings is 1. The third-order valence-electron chi connectivity index (χ3n) is 1.37. The maximum atomic E-state index is 12.9. The zero-order chi connectivity index (χ0) is 10.0. The lowest BCUT2D eigenvalue weighted by Crippen LogP contribution is -1.97. The van der Waals surface area contributed by atoms with Gasteiger partial charge in [-0.25, -0.2) is 18.2 Å². The van der Waals surface area contributed by atoms with Crippen LogP contribution in [0.5, 0.6) is 5.88 Å². The van der Waals surface area contributed by atoms with Gasteiger partial charge in [0.25, 0.3) is 6.43 Å². The van der Waals surface area contributed by atoms with E-state index in [4.69, 9.17) is 11.6 Å². The molecular weight excluding hydrogens is 207 g/mol. The highest BCUT2D eigenvalue weighted by Crippen LogP contribution is 2.30. The fourth-order valence-electron chi connectivity index (χ4n) is 0.773. The van der Waals surface area contributed by atoms with E-state index in [1.165, 1.54) is 7.11 Å². The van der Waals surface area contributed by atoms with Crippen molar-refractivity contribution in [2.45, 2.75) is 6.43 Å². The molecule has 0 bridgehead atoms. The lowest BCUT2D eigenvalue weighted by molar-refractivity contribution is 0.145. The van der Waals surface area contributed by atoms with Gasteiger partial charge < -0.3 is 4.74 Å². The molecule has 0 N–H and O–H groups in total. The second-order valence-electron chi connectivity index (χ2n) is 2.15. The first-order valence-electron chi connectivity index (χ1n) is 3.24. The van der Waals surface area contributed by atoms with E-state index in [2.05, 4.69) is 9.72 Å². The van der Waals surface area contributed by atoms with Gasteiger partial charge in [0.1, 0.15) is 11.0 Å². The van der Waals surface area contributed by atoms with Crippen LogP contribution in [0.4, 0.5) is 13.2 Å². The quantitative estimate of drug-likeness (QED) is 0.702. The molecule has 6 heteroatoms. The van der Waals surface area contributed by atoms with E-state index in [-0.39, 0.29) is 5.88 Å². The number of rotatable bonds is 2. The van der Waals surface area contributed by atoms with Crippen LogP contribution in [-0.2, 0) is 0 Å². The molecule has 0 spiro atoms. The van der Waals surface area contributed by atoms with Gasteiger partial charge in [-0.15, -0.1) is 0 Å². The molecule has 2 nitrogen and oxygen atoms in total. The van der Waals surface area contributed by atoms with Gasteiger partial charge in [-0.2, -0.15) is 0 Å². The first-order valence-corrected chi connectivity index (χ1v) is 3.62. The average Bonchev–Trinajstić information content (AvgIpc) is 2.02. The Morgan fingerprint density at radius 3 is 2.54 bits per heavy atom. The van der Waals surface area contributed by atoms with Gasteiger partial charge in [0, 0.05) is 6.07 Å². The van der Waals surface area contributed by atoms with Crippen LogP contribution in [0.2, 0.25) is 5.15 Å². The van der Waals surface area contributed by atoms with E-state index in [9.17, 15) is 13.2 Å².